The number of hydrogen-bond acceptors (Lipinski definition) is 2. The molecule has 0 fully saturated rings. The second kappa shape index (κ2) is 9.76. The van der Waals surface area contributed by atoms with E-state index >= 15 is 0 Å². The normalized spacial score (nSPS) is 12.3. The van der Waals surface area contributed by atoms with Gasteiger partial charge in [-0.15, -0.1) is 0 Å². The number of ether oxygens (including phenoxy) is 1. The van der Waals surface area contributed by atoms with E-state index in [0.29, 0.717) is 11.1 Å². The van der Waals surface area contributed by atoms with Crippen LogP contribution in [0.3, 0.4) is 0 Å². The first-order chi connectivity index (χ1) is 17.4. The van der Waals surface area contributed by atoms with Gasteiger partial charge in [0.15, 0.2) is 5.78 Å². The Balaban J connectivity index is 1.61. The highest BCUT2D eigenvalue weighted by Gasteiger charge is 2.72. The van der Waals surface area contributed by atoms with Gasteiger partial charge in [0.1, 0.15) is 11.5 Å². The Hall–Kier alpha value is -4.07. The first kappa shape index (κ1) is 26.0. The van der Waals surface area contributed by atoms with Crippen LogP contribution in [-0.2, 0) is 5.41 Å². The number of carbonyl (C=O) groups excluding carboxylic acids is 1. The van der Waals surface area contributed by atoms with Crippen LogP contribution in [0.4, 0.5) is 26.3 Å². The number of benzene rings is 4. The van der Waals surface area contributed by atoms with E-state index in [4.69, 9.17) is 4.74 Å². The Morgan fingerprint density at radius 2 is 0.973 bits per heavy atom. The molecule has 0 saturated carbocycles. The van der Waals surface area contributed by atoms with Crippen molar-refractivity contribution in [1.82, 2.24) is 0 Å². The van der Waals surface area contributed by atoms with Gasteiger partial charge in [-0.05, 0) is 54.4 Å². The molecule has 0 saturated heterocycles. The zero-order chi connectivity index (χ0) is 26.8. The third-order valence-corrected chi connectivity index (χ3v) is 6.01. The summed E-state index contributed by atoms with van der Waals surface area (Å²) in [7, 11) is 0. The molecule has 0 N–H and O–H groups in total. The third kappa shape index (κ3) is 4.96. The lowest BCUT2D eigenvalue weighted by Crippen LogP contribution is -2.54. The topological polar surface area (TPSA) is 26.3 Å². The maximum absolute atomic E-state index is 14.2. The summed E-state index contributed by atoms with van der Waals surface area (Å²) in [6.07, 6.45) is -11.3. The molecule has 190 valence electrons. The molecule has 0 aliphatic heterocycles. The molecule has 4 aromatic rings. The molecule has 4 rings (SSSR count). The van der Waals surface area contributed by atoms with E-state index < -0.39 is 28.9 Å². The van der Waals surface area contributed by atoms with Crippen molar-refractivity contribution < 1.29 is 35.9 Å². The van der Waals surface area contributed by atoms with E-state index in [2.05, 4.69) is 0 Å². The van der Waals surface area contributed by atoms with Gasteiger partial charge in [-0.1, -0.05) is 72.3 Å². The van der Waals surface area contributed by atoms with Crippen LogP contribution in [-0.4, -0.2) is 18.1 Å². The Morgan fingerprint density at radius 3 is 1.43 bits per heavy atom. The third-order valence-electron chi connectivity index (χ3n) is 6.01. The highest BCUT2D eigenvalue weighted by atomic mass is 19.4. The van der Waals surface area contributed by atoms with Gasteiger partial charge in [0.05, 0.1) is 0 Å². The molecule has 0 aliphatic rings. The second-order valence-corrected chi connectivity index (χ2v) is 8.46. The lowest BCUT2D eigenvalue weighted by Gasteiger charge is -2.38. The monoisotopic (exact) mass is 514 g/mol. The molecule has 0 radical (unpaired) electrons. The number of ketones is 1. The first-order valence-corrected chi connectivity index (χ1v) is 11.1. The van der Waals surface area contributed by atoms with Gasteiger partial charge in [-0.2, -0.15) is 26.3 Å². The fraction of sp³-hybridized carbons (Fsp3) is 0.138. The van der Waals surface area contributed by atoms with Gasteiger partial charge in [-0.25, -0.2) is 0 Å². The number of carbonyl (C=O) groups is 1. The van der Waals surface area contributed by atoms with E-state index in [9.17, 15) is 31.1 Å². The van der Waals surface area contributed by atoms with Crippen LogP contribution in [0, 0.1) is 6.92 Å². The lowest BCUT2D eigenvalue weighted by atomic mass is 9.73. The van der Waals surface area contributed by atoms with Crippen LogP contribution < -0.4 is 4.74 Å². The van der Waals surface area contributed by atoms with Crippen LogP contribution in [0.25, 0.3) is 0 Å². The first-order valence-electron chi connectivity index (χ1n) is 11.1. The lowest BCUT2D eigenvalue weighted by molar-refractivity contribution is -0.288. The highest BCUT2D eigenvalue weighted by molar-refractivity contribution is 6.09. The molecule has 0 amide bonds. The van der Waals surface area contributed by atoms with Gasteiger partial charge in [0.2, 0.25) is 5.41 Å². The van der Waals surface area contributed by atoms with Crippen molar-refractivity contribution in [2.75, 3.05) is 0 Å². The molecule has 0 heterocycles. The molecular formula is C29H20F6O2. The van der Waals surface area contributed by atoms with Gasteiger partial charge >= 0.3 is 12.4 Å². The summed E-state index contributed by atoms with van der Waals surface area (Å²) in [5, 5.41) is 0. The SMILES string of the molecule is Cc1ccc(C(=O)c2ccc(Oc3ccc(C(c4ccccc4)(C(F)(F)F)C(F)(F)F)cc3)cc2)cc1. The summed E-state index contributed by atoms with van der Waals surface area (Å²) in [5.74, 6) is 0.0919. The summed E-state index contributed by atoms with van der Waals surface area (Å²) in [5.41, 5.74) is -4.21. The predicted octanol–water partition coefficient (Wildman–Crippen LogP) is 8.43. The highest BCUT2D eigenvalue weighted by Crippen LogP contribution is 2.56. The van der Waals surface area contributed by atoms with Crippen molar-refractivity contribution in [3.63, 3.8) is 0 Å². The molecule has 37 heavy (non-hydrogen) atoms. The van der Waals surface area contributed by atoms with E-state index in [0.717, 1.165) is 54.1 Å². The standard InChI is InChI=1S/C29H20F6O2/c1-19-7-9-20(10-8-19)26(36)21-11-15-24(16-12-21)37-25-17-13-23(14-18-25)27(28(30,31)32,29(33,34)35)22-5-3-2-4-6-22/h2-18H,1H3. The maximum Gasteiger partial charge on any atom is 0.411 e. The minimum absolute atomic E-state index is 0.0349. The summed E-state index contributed by atoms with van der Waals surface area (Å²) in [6, 6.07) is 22.0. The van der Waals surface area contributed by atoms with Crippen molar-refractivity contribution in [3.8, 4) is 11.5 Å². The van der Waals surface area contributed by atoms with Gasteiger partial charge in [0.25, 0.3) is 0 Å². The molecular weight excluding hydrogens is 494 g/mol. The Labute approximate surface area is 209 Å². The van der Waals surface area contributed by atoms with Gasteiger partial charge in [0, 0.05) is 11.1 Å². The van der Waals surface area contributed by atoms with Crippen molar-refractivity contribution in [2.24, 2.45) is 0 Å². The summed E-state index contributed by atoms with van der Waals surface area (Å²) in [6.45, 7) is 1.90. The quantitative estimate of drug-likeness (QED) is 0.191. The van der Waals surface area contributed by atoms with E-state index in [-0.39, 0.29) is 17.3 Å². The van der Waals surface area contributed by atoms with Crippen molar-refractivity contribution in [1.29, 1.82) is 0 Å². The van der Waals surface area contributed by atoms with Crippen LogP contribution in [0.1, 0.15) is 32.6 Å². The molecule has 0 atom stereocenters. The van der Waals surface area contributed by atoms with Crippen LogP contribution in [0.2, 0.25) is 0 Å². The molecule has 0 aliphatic carbocycles. The molecule has 0 unspecified atom stereocenters. The van der Waals surface area contributed by atoms with Crippen LogP contribution in [0.15, 0.2) is 103 Å². The molecule has 2 nitrogen and oxygen atoms in total. The Kier molecular flexibility index (Phi) is 6.86. The molecule has 0 bridgehead atoms. The van der Waals surface area contributed by atoms with E-state index in [1.54, 1.807) is 12.1 Å². The predicted molar refractivity (Wildman–Crippen MR) is 127 cm³/mol. The molecule has 4 aromatic carbocycles. The summed E-state index contributed by atoms with van der Waals surface area (Å²) >= 11 is 0. The maximum atomic E-state index is 14.2. The minimum Gasteiger partial charge on any atom is -0.457 e. The van der Waals surface area contributed by atoms with E-state index in [1.807, 2.05) is 19.1 Å². The number of halogens is 6. The largest absolute Gasteiger partial charge is 0.457 e. The summed E-state index contributed by atoms with van der Waals surface area (Å²) in [4.78, 5) is 12.6. The van der Waals surface area contributed by atoms with Crippen LogP contribution >= 0.6 is 0 Å². The zero-order valence-electron chi connectivity index (χ0n) is 19.4. The van der Waals surface area contributed by atoms with Gasteiger partial charge < -0.3 is 4.74 Å². The van der Waals surface area contributed by atoms with Crippen molar-refractivity contribution >= 4 is 5.78 Å². The Bertz CT molecular complexity index is 1340. The average molecular weight is 514 g/mol. The molecule has 8 heteroatoms. The smallest absolute Gasteiger partial charge is 0.411 e. The van der Waals surface area contributed by atoms with Crippen LogP contribution in [0.5, 0.6) is 11.5 Å². The summed E-state index contributed by atoms with van der Waals surface area (Å²) < 4.78 is 90.5. The number of rotatable bonds is 6. The van der Waals surface area contributed by atoms with Crippen molar-refractivity contribution in [3.05, 3.63) is 131 Å². The van der Waals surface area contributed by atoms with Gasteiger partial charge in [-0.3, -0.25) is 4.79 Å². The molecule has 0 spiro atoms. The van der Waals surface area contributed by atoms with E-state index in [1.165, 1.54) is 30.3 Å². The van der Waals surface area contributed by atoms with Crippen molar-refractivity contribution in [2.45, 2.75) is 24.7 Å². The fourth-order valence-electron chi connectivity index (χ4n) is 4.13. The average Bonchev–Trinajstić information content (AvgIpc) is 2.85. The molecule has 0 aromatic heterocycles. The second-order valence-electron chi connectivity index (χ2n) is 8.46. The number of aryl methyl sites for hydroxylation is 1. The minimum atomic E-state index is -5.66. The Morgan fingerprint density at radius 1 is 0.568 bits per heavy atom. The number of alkyl halides is 6. The fourth-order valence-corrected chi connectivity index (χ4v) is 4.13. The zero-order valence-corrected chi connectivity index (χ0v) is 19.4. The number of hydrogen-bond donors (Lipinski definition) is 0.